The van der Waals surface area contributed by atoms with Crippen molar-refractivity contribution in [3.05, 3.63) is 41.6 Å². The fourth-order valence-electron chi connectivity index (χ4n) is 2.88. The summed E-state index contributed by atoms with van der Waals surface area (Å²) in [4.78, 5) is 14.2. The predicted octanol–water partition coefficient (Wildman–Crippen LogP) is 4.58. The number of ether oxygens (including phenoxy) is 1. The van der Waals surface area contributed by atoms with E-state index in [0.29, 0.717) is 0 Å². The van der Waals surface area contributed by atoms with Crippen LogP contribution in [-0.4, -0.2) is 28.3 Å². The van der Waals surface area contributed by atoms with Crippen molar-refractivity contribution in [2.45, 2.75) is 23.7 Å². The van der Waals surface area contributed by atoms with Crippen molar-refractivity contribution < 1.29 is 9.53 Å². The standard InChI is InChI=1S/C16H18Cl3NO2/c1-15(2,14(21)22-3)13-12-7-5-4-6-11(12)8-9-20(13)10-16(17,18)19/h4-9,13H,10H2,1-3H3. The van der Waals surface area contributed by atoms with Crippen LogP contribution < -0.4 is 0 Å². The largest absolute Gasteiger partial charge is 0.469 e. The lowest BCUT2D eigenvalue weighted by atomic mass is 9.77. The normalized spacial score (nSPS) is 18.1. The van der Waals surface area contributed by atoms with Crippen molar-refractivity contribution >= 4 is 46.8 Å². The van der Waals surface area contributed by atoms with Gasteiger partial charge in [0, 0.05) is 6.20 Å². The number of carbonyl (C=O) groups is 1. The molecule has 120 valence electrons. The van der Waals surface area contributed by atoms with Crippen LogP contribution in [0.3, 0.4) is 0 Å². The van der Waals surface area contributed by atoms with E-state index in [1.807, 2.05) is 55.3 Å². The average molecular weight is 363 g/mol. The zero-order chi connectivity index (χ0) is 16.5. The van der Waals surface area contributed by atoms with E-state index in [9.17, 15) is 4.79 Å². The molecule has 0 aliphatic carbocycles. The van der Waals surface area contributed by atoms with Gasteiger partial charge in [0.05, 0.1) is 25.1 Å². The second-order valence-electron chi connectivity index (χ2n) is 5.85. The van der Waals surface area contributed by atoms with Crippen molar-refractivity contribution in [2.24, 2.45) is 5.41 Å². The zero-order valence-electron chi connectivity index (χ0n) is 12.6. The van der Waals surface area contributed by atoms with Gasteiger partial charge in [-0.05, 0) is 31.1 Å². The molecule has 1 aromatic rings. The molecule has 0 bridgehead atoms. The number of carbonyl (C=O) groups excluding carboxylic acids is 1. The average Bonchev–Trinajstić information content (AvgIpc) is 2.44. The van der Waals surface area contributed by atoms with Gasteiger partial charge < -0.3 is 9.64 Å². The molecule has 0 saturated heterocycles. The van der Waals surface area contributed by atoms with Crippen LogP contribution in [0.4, 0.5) is 0 Å². The van der Waals surface area contributed by atoms with Crippen molar-refractivity contribution in [3.63, 3.8) is 0 Å². The Morgan fingerprint density at radius 1 is 1.27 bits per heavy atom. The third-order valence-electron chi connectivity index (χ3n) is 3.82. The van der Waals surface area contributed by atoms with E-state index in [0.717, 1.165) is 11.1 Å². The molecule has 1 atom stereocenters. The van der Waals surface area contributed by atoms with Gasteiger partial charge in [-0.1, -0.05) is 59.1 Å². The molecule has 0 N–H and O–H groups in total. The van der Waals surface area contributed by atoms with Crippen LogP contribution in [0.5, 0.6) is 0 Å². The summed E-state index contributed by atoms with van der Waals surface area (Å²) in [6.07, 6.45) is 3.81. The van der Waals surface area contributed by atoms with Gasteiger partial charge in [0.2, 0.25) is 3.79 Å². The monoisotopic (exact) mass is 361 g/mol. The molecule has 0 aromatic heterocycles. The van der Waals surface area contributed by atoms with Gasteiger partial charge in [-0.15, -0.1) is 0 Å². The maximum absolute atomic E-state index is 12.3. The summed E-state index contributed by atoms with van der Waals surface area (Å²) in [7, 11) is 1.38. The molecule has 3 nitrogen and oxygen atoms in total. The Morgan fingerprint density at radius 3 is 2.50 bits per heavy atom. The third-order valence-corrected chi connectivity index (χ3v) is 4.18. The minimum absolute atomic E-state index is 0.174. The van der Waals surface area contributed by atoms with Crippen LogP contribution >= 0.6 is 34.8 Å². The molecular formula is C16H18Cl3NO2. The number of methoxy groups -OCH3 is 1. The number of nitrogens with zero attached hydrogens (tertiary/aromatic N) is 1. The smallest absolute Gasteiger partial charge is 0.313 e. The molecule has 1 unspecified atom stereocenters. The first-order chi connectivity index (χ1) is 10.2. The van der Waals surface area contributed by atoms with Crippen LogP contribution in [0.1, 0.15) is 31.0 Å². The van der Waals surface area contributed by atoms with Gasteiger partial charge in [-0.3, -0.25) is 4.79 Å². The first-order valence-corrected chi connectivity index (χ1v) is 7.98. The molecule has 0 saturated carbocycles. The van der Waals surface area contributed by atoms with E-state index in [1.54, 1.807) is 0 Å². The van der Waals surface area contributed by atoms with E-state index >= 15 is 0 Å². The van der Waals surface area contributed by atoms with E-state index in [4.69, 9.17) is 39.5 Å². The molecule has 1 aliphatic heterocycles. The molecule has 1 aromatic carbocycles. The number of alkyl halides is 3. The Kier molecular flexibility index (Phi) is 5.00. The molecule has 0 fully saturated rings. The van der Waals surface area contributed by atoms with Gasteiger partial charge in [-0.2, -0.15) is 0 Å². The minimum Gasteiger partial charge on any atom is -0.469 e. The predicted molar refractivity (Wildman–Crippen MR) is 91.0 cm³/mol. The first-order valence-electron chi connectivity index (χ1n) is 6.85. The van der Waals surface area contributed by atoms with Gasteiger partial charge >= 0.3 is 5.97 Å². The molecular weight excluding hydrogens is 345 g/mol. The number of esters is 1. The first kappa shape index (κ1) is 17.5. The van der Waals surface area contributed by atoms with Crippen molar-refractivity contribution in [3.8, 4) is 0 Å². The minimum atomic E-state index is -1.44. The third kappa shape index (κ3) is 3.53. The van der Waals surface area contributed by atoms with Crippen LogP contribution in [-0.2, 0) is 9.53 Å². The Balaban J connectivity index is 2.50. The number of halogens is 3. The highest BCUT2D eigenvalue weighted by molar-refractivity contribution is 6.67. The fourth-order valence-corrected chi connectivity index (χ4v) is 3.30. The summed E-state index contributed by atoms with van der Waals surface area (Å²) in [6.45, 7) is 3.85. The fraction of sp³-hybridized carbons (Fsp3) is 0.438. The quantitative estimate of drug-likeness (QED) is 0.582. The highest BCUT2D eigenvalue weighted by atomic mass is 35.6. The Labute approximate surface area is 145 Å². The van der Waals surface area contributed by atoms with E-state index in [2.05, 4.69) is 0 Å². The lowest BCUT2D eigenvalue weighted by molar-refractivity contribution is -0.154. The maximum atomic E-state index is 12.3. The van der Waals surface area contributed by atoms with Crippen LogP contribution in [0.2, 0.25) is 0 Å². The SMILES string of the molecule is COC(=O)C(C)(C)C1c2ccccc2C=CN1CC(Cl)(Cl)Cl. The molecule has 0 radical (unpaired) electrons. The Bertz CT molecular complexity index is 593. The Hall–Kier alpha value is -0.900. The second-order valence-corrected chi connectivity index (χ2v) is 8.36. The molecule has 0 spiro atoms. The molecule has 6 heteroatoms. The summed E-state index contributed by atoms with van der Waals surface area (Å²) in [5, 5.41) is 0. The number of hydrogen-bond donors (Lipinski definition) is 0. The number of rotatable bonds is 3. The number of hydrogen-bond acceptors (Lipinski definition) is 3. The van der Waals surface area contributed by atoms with Crippen LogP contribution in [0.25, 0.3) is 6.08 Å². The van der Waals surface area contributed by atoms with Gasteiger partial charge in [0.15, 0.2) is 0 Å². The van der Waals surface area contributed by atoms with Gasteiger partial charge in [0.25, 0.3) is 0 Å². The molecule has 1 aliphatic rings. The lowest BCUT2D eigenvalue weighted by Gasteiger charge is -2.43. The van der Waals surface area contributed by atoms with Crippen molar-refractivity contribution in [1.82, 2.24) is 4.90 Å². The van der Waals surface area contributed by atoms with E-state index < -0.39 is 9.21 Å². The summed E-state index contributed by atoms with van der Waals surface area (Å²) >= 11 is 17.9. The molecule has 2 rings (SSSR count). The Morgan fingerprint density at radius 2 is 1.91 bits per heavy atom. The van der Waals surface area contributed by atoms with E-state index in [-0.39, 0.29) is 18.6 Å². The second kappa shape index (κ2) is 6.31. The highest BCUT2D eigenvalue weighted by Gasteiger charge is 2.44. The topological polar surface area (TPSA) is 29.5 Å². The number of benzene rings is 1. The van der Waals surface area contributed by atoms with E-state index in [1.165, 1.54) is 7.11 Å². The summed E-state index contributed by atoms with van der Waals surface area (Å²) < 4.78 is 3.53. The highest BCUT2D eigenvalue weighted by Crippen LogP contribution is 2.45. The van der Waals surface area contributed by atoms with Crippen LogP contribution in [0.15, 0.2) is 30.5 Å². The molecule has 22 heavy (non-hydrogen) atoms. The lowest BCUT2D eigenvalue weighted by Crippen LogP contribution is -2.44. The van der Waals surface area contributed by atoms with Crippen molar-refractivity contribution in [2.75, 3.05) is 13.7 Å². The number of fused-ring (bicyclic) bond motifs is 1. The van der Waals surface area contributed by atoms with Crippen LogP contribution in [0, 0.1) is 5.41 Å². The maximum Gasteiger partial charge on any atom is 0.313 e. The van der Waals surface area contributed by atoms with Crippen molar-refractivity contribution in [1.29, 1.82) is 0 Å². The van der Waals surface area contributed by atoms with Gasteiger partial charge in [0.1, 0.15) is 0 Å². The molecule has 1 heterocycles. The summed E-state index contributed by atoms with van der Waals surface area (Å²) in [5.74, 6) is -0.308. The summed E-state index contributed by atoms with van der Waals surface area (Å²) in [5.41, 5.74) is 1.26. The molecule has 0 amide bonds. The van der Waals surface area contributed by atoms with Gasteiger partial charge in [-0.25, -0.2) is 0 Å². The zero-order valence-corrected chi connectivity index (χ0v) is 14.9. The summed E-state index contributed by atoms with van der Waals surface area (Å²) in [6, 6.07) is 7.59.